The molecule has 8 heteroatoms. The number of fused-ring (bicyclic) bond motifs is 1. The van der Waals surface area contributed by atoms with Crippen molar-refractivity contribution in [1.29, 1.82) is 0 Å². The van der Waals surface area contributed by atoms with Gasteiger partial charge in [-0.05, 0) is 24.3 Å². The Labute approximate surface area is 133 Å². The Morgan fingerprint density at radius 2 is 2.18 bits per heavy atom. The molecule has 4 rings (SSSR count). The number of aromatic nitrogens is 2. The number of carbonyl (C=O) groups excluding carboxylic acids is 1. The predicted octanol–water partition coefficient (Wildman–Crippen LogP) is 2.69. The number of guanidine groups is 1. The minimum atomic E-state index is -0.227. The number of rotatable bonds is 2. The fourth-order valence-electron chi connectivity index (χ4n) is 2.03. The largest absolute Gasteiger partial charge is 0.326 e. The van der Waals surface area contributed by atoms with Crippen LogP contribution in [0.4, 0.5) is 5.69 Å². The molecule has 0 radical (unpaired) electrons. The molecule has 3 aromatic rings. The van der Waals surface area contributed by atoms with Crippen molar-refractivity contribution in [2.75, 3.05) is 5.32 Å². The third-order valence-corrected chi connectivity index (χ3v) is 4.54. The van der Waals surface area contributed by atoms with E-state index in [4.69, 9.17) is 0 Å². The first-order chi connectivity index (χ1) is 10.8. The normalized spacial score (nSPS) is 16.1. The first kappa shape index (κ1) is 13.1. The average Bonchev–Trinajstić information content (AvgIpc) is 3.22. The fraction of sp³-hybridized carbons (Fsp3) is 0. The number of carbonyl (C=O) groups is 1. The second-order valence-corrected chi connectivity index (χ2v) is 6.31. The molecule has 22 heavy (non-hydrogen) atoms. The van der Waals surface area contributed by atoms with E-state index < -0.39 is 0 Å². The number of thiazole rings is 2. The number of hydrogen-bond donors (Lipinski definition) is 2. The number of nitrogens with zero attached hydrogens (tertiary/aromatic N) is 3. The molecule has 0 saturated carbocycles. The SMILES string of the molecule is O=C1NC(Nc2ccc3ncsc3c2)=N/C1=C\c1cncs1. The summed E-state index contributed by atoms with van der Waals surface area (Å²) >= 11 is 3.02. The molecule has 0 fully saturated rings. The third kappa shape index (κ3) is 2.49. The van der Waals surface area contributed by atoms with Crippen molar-refractivity contribution in [2.45, 2.75) is 0 Å². The lowest BCUT2D eigenvalue weighted by Crippen LogP contribution is -2.29. The maximum Gasteiger partial charge on any atom is 0.276 e. The van der Waals surface area contributed by atoms with Crippen LogP contribution in [0.5, 0.6) is 0 Å². The van der Waals surface area contributed by atoms with Crippen molar-refractivity contribution in [1.82, 2.24) is 15.3 Å². The highest BCUT2D eigenvalue weighted by Gasteiger charge is 2.20. The minimum absolute atomic E-state index is 0.227. The van der Waals surface area contributed by atoms with Crippen LogP contribution in [-0.2, 0) is 4.79 Å². The van der Waals surface area contributed by atoms with Crippen molar-refractivity contribution in [3.63, 3.8) is 0 Å². The summed E-state index contributed by atoms with van der Waals surface area (Å²) in [5.74, 6) is 0.194. The van der Waals surface area contributed by atoms with Gasteiger partial charge in [0.05, 0.1) is 21.2 Å². The van der Waals surface area contributed by atoms with E-state index >= 15 is 0 Å². The topological polar surface area (TPSA) is 79.3 Å². The Bertz CT molecular complexity index is 910. The standard InChI is InChI=1S/C14H9N5OS2/c20-13-11(4-9-5-15-6-21-9)18-14(19-13)17-8-1-2-10-12(3-8)22-7-16-10/h1-7H,(H2,17,18,19,20)/b11-4-. The van der Waals surface area contributed by atoms with Crippen LogP contribution in [0.25, 0.3) is 16.3 Å². The summed E-state index contributed by atoms with van der Waals surface area (Å²) in [5.41, 5.74) is 5.70. The fourth-order valence-corrected chi connectivity index (χ4v) is 3.29. The van der Waals surface area contributed by atoms with E-state index in [1.54, 1.807) is 34.6 Å². The molecular weight excluding hydrogens is 318 g/mol. The first-order valence-electron chi connectivity index (χ1n) is 6.38. The summed E-state index contributed by atoms with van der Waals surface area (Å²) in [4.78, 5) is 25.3. The number of amides is 1. The highest BCUT2D eigenvalue weighted by molar-refractivity contribution is 7.16. The Morgan fingerprint density at radius 1 is 1.23 bits per heavy atom. The molecule has 2 N–H and O–H groups in total. The van der Waals surface area contributed by atoms with Crippen LogP contribution in [0.15, 0.2) is 46.1 Å². The third-order valence-electron chi connectivity index (χ3n) is 3.02. The van der Waals surface area contributed by atoms with Crippen LogP contribution in [0.3, 0.4) is 0 Å². The Hall–Kier alpha value is -2.58. The van der Waals surface area contributed by atoms with Gasteiger partial charge in [-0.1, -0.05) is 0 Å². The monoisotopic (exact) mass is 327 g/mol. The number of benzene rings is 1. The second kappa shape index (κ2) is 5.32. The van der Waals surface area contributed by atoms with Gasteiger partial charge in [-0.15, -0.1) is 22.7 Å². The van der Waals surface area contributed by atoms with E-state index in [-0.39, 0.29) is 5.91 Å². The van der Waals surface area contributed by atoms with Gasteiger partial charge in [0.25, 0.3) is 5.91 Å². The number of aliphatic imine (C=N–C) groups is 1. The molecule has 108 valence electrons. The zero-order chi connectivity index (χ0) is 14.9. The molecule has 2 aromatic heterocycles. The van der Waals surface area contributed by atoms with Gasteiger partial charge in [-0.2, -0.15) is 0 Å². The summed E-state index contributed by atoms with van der Waals surface area (Å²) in [7, 11) is 0. The van der Waals surface area contributed by atoms with Crippen LogP contribution in [0.1, 0.15) is 4.88 Å². The van der Waals surface area contributed by atoms with Gasteiger partial charge in [0, 0.05) is 16.8 Å². The van der Waals surface area contributed by atoms with Crippen LogP contribution in [0.2, 0.25) is 0 Å². The highest BCUT2D eigenvalue weighted by Crippen LogP contribution is 2.22. The zero-order valence-corrected chi connectivity index (χ0v) is 12.7. The van der Waals surface area contributed by atoms with Gasteiger partial charge in [0.1, 0.15) is 5.70 Å². The van der Waals surface area contributed by atoms with Crippen molar-refractivity contribution in [3.8, 4) is 0 Å². The first-order valence-corrected chi connectivity index (χ1v) is 8.14. The molecule has 6 nitrogen and oxygen atoms in total. The molecule has 1 aromatic carbocycles. The molecule has 0 atom stereocenters. The maximum atomic E-state index is 11.9. The van der Waals surface area contributed by atoms with E-state index in [9.17, 15) is 4.79 Å². The lowest BCUT2D eigenvalue weighted by molar-refractivity contribution is -0.115. The van der Waals surface area contributed by atoms with Gasteiger partial charge < -0.3 is 5.32 Å². The summed E-state index contributed by atoms with van der Waals surface area (Å²) in [5, 5.41) is 5.82. The molecule has 0 saturated heterocycles. The van der Waals surface area contributed by atoms with E-state index in [0.29, 0.717) is 11.7 Å². The number of hydrogen-bond acceptors (Lipinski definition) is 7. The lowest BCUT2D eigenvalue weighted by atomic mass is 10.3. The van der Waals surface area contributed by atoms with Crippen LogP contribution >= 0.6 is 22.7 Å². The highest BCUT2D eigenvalue weighted by atomic mass is 32.1. The number of anilines is 1. The second-order valence-electron chi connectivity index (χ2n) is 4.51. The molecule has 0 aliphatic carbocycles. The predicted molar refractivity (Wildman–Crippen MR) is 88.9 cm³/mol. The minimum Gasteiger partial charge on any atom is -0.326 e. The summed E-state index contributed by atoms with van der Waals surface area (Å²) in [6, 6.07) is 5.81. The molecule has 1 aliphatic rings. The smallest absolute Gasteiger partial charge is 0.276 e. The van der Waals surface area contributed by atoms with Gasteiger partial charge >= 0.3 is 0 Å². The van der Waals surface area contributed by atoms with Crippen LogP contribution < -0.4 is 10.6 Å². The van der Waals surface area contributed by atoms with Crippen molar-refractivity contribution in [3.05, 3.63) is 46.0 Å². The molecule has 0 spiro atoms. The molecule has 3 heterocycles. The molecule has 1 aliphatic heterocycles. The van der Waals surface area contributed by atoms with Crippen molar-refractivity contribution < 1.29 is 4.79 Å². The van der Waals surface area contributed by atoms with Crippen molar-refractivity contribution in [2.24, 2.45) is 4.99 Å². The molecular formula is C14H9N5OS2. The summed E-state index contributed by atoms with van der Waals surface area (Å²) < 4.78 is 1.08. The summed E-state index contributed by atoms with van der Waals surface area (Å²) in [6.45, 7) is 0. The average molecular weight is 327 g/mol. The van der Waals surface area contributed by atoms with Crippen molar-refractivity contribution >= 4 is 56.5 Å². The maximum absolute atomic E-state index is 11.9. The molecule has 0 bridgehead atoms. The van der Waals surface area contributed by atoms with Gasteiger partial charge in [-0.25, -0.2) is 9.98 Å². The van der Waals surface area contributed by atoms with Crippen LogP contribution in [0, 0.1) is 0 Å². The Balaban J connectivity index is 1.59. The summed E-state index contributed by atoms with van der Waals surface area (Å²) in [6.07, 6.45) is 3.41. The molecule has 1 amide bonds. The van der Waals surface area contributed by atoms with E-state index in [1.165, 1.54) is 11.3 Å². The Kier molecular flexibility index (Phi) is 3.17. The quantitative estimate of drug-likeness (QED) is 0.709. The van der Waals surface area contributed by atoms with Gasteiger partial charge in [-0.3, -0.25) is 15.1 Å². The lowest BCUT2D eigenvalue weighted by Gasteiger charge is -2.04. The number of nitrogens with one attached hydrogen (secondary N) is 2. The Morgan fingerprint density at radius 3 is 3.05 bits per heavy atom. The zero-order valence-electron chi connectivity index (χ0n) is 11.1. The molecule has 0 unspecified atom stereocenters. The van der Waals surface area contributed by atoms with E-state index in [2.05, 4.69) is 25.6 Å². The van der Waals surface area contributed by atoms with Gasteiger partial charge in [0.15, 0.2) is 0 Å². The van der Waals surface area contributed by atoms with E-state index in [0.717, 1.165) is 20.8 Å². The van der Waals surface area contributed by atoms with E-state index in [1.807, 2.05) is 18.2 Å². The van der Waals surface area contributed by atoms with Gasteiger partial charge in [0.2, 0.25) is 5.96 Å². The van der Waals surface area contributed by atoms with Crippen LogP contribution in [-0.4, -0.2) is 21.8 Å².